The third kappa shape index (κ3) is 3.33. The van der Waals surface area contributed by atoms with E-state index in [1.54, 1.807) is 31.2 Å². The van der Waals surface area contributed by atoms with Crippen LogP contribution in [0.3, 0.4) is 0 Å². The Balaban J connectivity index is 2.13. The molecule has 1 aromatic heterocycles. The van der Waals surface area contributed by atoms with Crippen LogP contribution in [-0.4, -0.2) is 29.6 Å². The number of carbonyl (C=O) groups is 1. The average Bonchev–Trinajstić information content (AvgIpc) is 2.73. The number of ether oxygens (including phenoxy) is 2. The summed E-state index contributed by atoms with van der Waals surface area (Å²) in [7, 11) is 0. The SMILES string of the molecule is CCOC(=O)C1C(c2ccccc2)c2c(c3cc(C)ccc3oc2=O)OC1(O)C(F)(F)F. The number of esters is 1. The second kappa shape index (κ2) is 7.67. The van der Waals surface area contributed by atoms with E-state index in [0.29, 0.717) is 5.56 Å². The van der Waals surface area contributed by atoms with Gasteiger partial charge in [0.2, 0.25) is 0 Å². The van der Waals surface area contributed by atoms with Crippen molar-refractivity contribution in [2.75, 3.05) is 6.61 Å². The minimum atomic E-state index is -5.39. The van der Waals surface area contributed by atoms with Crippen LogP contribution in [0.1, 0.15) is 29.5 Å². The highest BCUT2D eigenvalue weighted by Gasteiger charge is 2.69. The van der Waals surface area contributed by atoms with Crippen molar-refractivity contribution in [1.29, 1.82) is 0 Å². The lowest BCUT2D eigenvalue weighted by Crippen LogP contribution is -2.62. The first-order chi connectivity index (χ1) is 15.1. The zero-order valence-corrected chi connectivity index (χ0v) is 17.1. The number of aryl methyl sites for hydroxylation is 1. The number of alkyl halides is 3. The maximum absolute atomic E-state index is 14.3. The number of hydrogen-bond donors (Lipinski definition) is 1. The molecular formula is C23H19F3O6. The third-order valence-electron chi connectivity index (χ3n) is 5.48. The monoisotopic (exact) mass is 448 g/mol. The smallest absolute Gasteiger partial charge is 0.456 e. The zero-order chi connectivity index (χ0) is 23.3. The second-order valence-corrected chi connectivity index (χ2v) is 7.55. The fourth-order valence-corrected chi connectivity index (χ4v) is 4.07. The number of rotatable bonds is 3. The molecule has 32 heavy (non-hydrogen) atoms. The normalized spacial score (nSPS) is 22.8. The van der Waals surface area contributed by atoms with Gasteiger partial charge in [-0.2, -0.15) is 13.2 Å². The van der Waals surface area contributed by atoms with Gasteiger partial charge in [0.05, 0.1) is 17.6 Å². The number of benzene rings is 2. The van der Waals surface area contributed by atoms with Crippen molar-refractivity contribution in [2.45, 2.75) is 31.7 Å². The molecular weight excluding hydrogens is 429 g/mol. The van der Waals surface area contributed by atoms with Crippen molar-refractivity contribution < 1.29 is 37.0 Å². The summed E-state index contributed by atoms with van der Waals surface area (Å²) < 4.78 is 58.1. The lowest BCUT2D eigenvalue weighted by molar-refractivity contribution is -0.358. The largest absolute Gasteiger partial charge is 0.466 e. The average molecular weight is 448 g/mol. The molecule has 4 rings (SSSR count). The van der Waals surface area contributed by atoms with Gasteiger partial charge in [0.25, 0.3) is 0 Å². The van der Waals surface area contributed by atoms with Gasteiger partial charge in [-0.25, -0.2) is 4.79 Å². The van der Waals surface area contributed by atoms with Gasteiger partial charge < -0.3 is 19.0 Å². The molecule has 6 nitrogen and oxygen atoms in total. The Morgan fingerprint density at radius 1 is 1.19 bits per heavy atom. The van der Waals surface area contributed by atoms with Crippen molar-refractivity contribution in [3.05, 3.63) is 75.6 Å². The van der Waals surface area contributed by atoms with Gasteiger partial charge in [0.15, 0.2) is 0 Å². The van der Waals surface area contributed by atoms with E-state index in [-0.39, 0.29) is 28.7 Å². The van der Waals surface area contributed by atoms with Crippen LogP contribution in [0.5, 0.6) is 5.75 Å². The minimum absolute atomic E-state index is 0.00901. The third-order valence-corrected chi connectivity index (χ3v) is 5.48. The number of halogens is 3. The van der Waals surface area contributed by atoms with Gasteiger partial charge in [0, 0.05) is 5.92 Å². The molecule has 0 saturated carbocycles. The highest BCUT2D eigenvalue weighted by molar-refractivity contribution is 5.87. The summed E-state index contributed by atoms with van der Waals surface area (Å²) >= 11 is 0. The lowest BCUT2D eigenvalue weighted by Gasteiger charge is -2.43. The van der Waals surface area contributed by atoms with E-state index < -0.39 is 41.1 Å². The molecule has 0 aliphatic carbocycles. The summed E-state index contributed by atoms with van der Waals surface area (Å²) in [5.74, 6) is -9.61. The molecule has 1 N–H and O–H groups in total. The highest BCUT2D eigenvalue weighted by atomic mass is 19.4. The first kappa shape index (κ1) is 21.9. The molecule has 0 radical (unpaired) electrons. The molecule has 0 fully saturated rings. The molecule has 3 unspecified atom stereocenters. The molecule has 3 aromatic rings. The van der Waals surface area contributed by atoms with Crippen LogP contribution in [0.4, 0.5) is 13.2 Å². The van der Waals surface area contributed by atoms with Crippen molar-refractivity contribution in [3.63, 3.8) is 0 Å². The molecule has 168 valence electrons. The van der Waals surface area contributed by atoms with Crippen molar-refractivity contribution in [1.82, 2.24) is 0 Å². The van der Waals surface area contributed by atoms with E-state index in [2.05, 4.69) is 0 Å². The van der Waals surface area contributed by atoms with Gasteiger partial charge in [-0.3, -0.25) is 4.79 Å². The van der Waals surface area contributed by atoms with Crippen LogP contribution >= 0.6 is 0 Å². The summed E-state index contributed by atoms with van der Waals surface area (Å²) in [6.07, 6.45) is -5.39. The van der Waals surface area contributed by atoms with Gasteiger partial charge >= 0.3 is 23.6 Å². The summed E-state index contributed by atoms with van der Waals surface area (Å²) in [6, 6.07) is 12.2. The first-order valence-corrected chi connectivity index (χ1v) is 9.85. The Labute approximate surface area is 180 Å². The van der Waals surface area contributed by atoms with Crippen LogP contribution in [-0.2, 0) is 9.53 Å². The Hall–Kier alpha value is -3.33. The number of carbonyl (C=O) groups excluding carboxylic acids is 1. The summed E-state index contributed by atoms with van der Waals surface area (Å²) in [5.41, 5.74) is -0.413. The maximum Gasteiger partial charge on any atom is 0.456 e. The lowest BCUT2D eigenvalue weighted by atomic mass is 9.74. The van der Waals surface area contributed by atoms with Gasteiger partial charge in [-0.15, -0.1) is 0 Å². The second-order valence-electron chi connectivity index (χ2n) is 7.55. The Bertz CT molecular complexity index is 1230. The molecule has 0 amide bonds. The van der Waals surface area contributed by atoms with E-state index in [0.717, 1.165) is 0 Å². The molecule has 0 saturated heterocycles. The number of aliphatic hydroxyl groups is 1. The van der Waals surface area contributed by atoms with Crippen molar-refractivity contribution in [2.24, 2.45) is 5.92 Å². The van der Waals surface area contributed by atoms with E-state index in [9.17, 15) is 27.9 Å². The number of fused-ring (bicyclic) bond motifs is 3. The van der Waals surface area contributed by atoms with Crippen LogP contribution < -0.4 is 10.4 Å². The minimum Gasteiger partial charge on any atom is -0.466 e. The Morgan fingerprint density at radius 3 is 2.50 bits per heavy atom. The van der Waals surface area contributed by atoms with E-state index in [4.69, 9.17) is 13.9 Å². The van der Waals surface area contributed by atoms with Crippen molar-refractivity contribution in [3.8, 4) is 5.75 Å². The summed E-state index contributed by atoms with van der Waals surface area (Å²) in [4.78, 5) is 25.8. The van der Waals surface area contributed by atoms with Crippen LogP contribution in [0.2, 0.25) is 0 Å². The molecule has 2 heterocycles. The van der Waals surface area contributed by atoms with E-state index in [1.807, 2.05) is 0 Å². The molecule has 3 atom stereocenters. The topological polar surface area (TPSA) is 86.0 Å². The Morgan fingerprint density at radius 2 is 1.88 bits per heavy atom. The molecule has 1 aliphatic heterocycles. The maximum atomic E-state index is 14.3. The highest BCUT2D eigenvalue weighted by Crippen LogP contribution is 2.53. The fourth-order valence-electron chi connectivity index (χ4n) is 4.07. The Kier molecular flexibility index (Phi) is 5.24. The van der Waals surface area contributed by atoms with Gasteiger partial charge in [-0.1, -0.05) is 42.0 Å². The fraction of sp³-hybridized carbons (Fsp3) is 0.304. The number of hydrogen-bond acceptors (Lipinski definition) is 6. The van der Waals surface area contributed by atoms with Crippen LogP contribution in [0.15, 0.2) is 57.7 Å². The zero-order valence-electron chi connectivity index (χ0n) is 17.1. The first-order valence-electron chi connectivity index (χ1n) is 9.85. The molecule has 1 aliphatic rings. The molecule has 2 aromatic carbocycles. The molecule has 0 spiro atoms. The summed E-state index contributed by atoms with van der Waals surface area (Å²) in [6.45, 7) is 2.89. The van der Waals surface area contributed by atoms with Crippen molar-refractivity contribution >= 4 is 16.9 Å². The molecule has 9 heteroatoms. The van der Waals surface area contributed by atoms with Crippen LogP contribution in [0, 0.1) is 12.8 Å². The summed E-state index contributed by atoms with van der Waals surface area (Å²) in [5, 5.41) is 11.0. The standard InChI is InChI=1S/C23H19F3O6/c1-3-30-21(28)18-16(13-7-5-4-6-8-13)17-19(32-22(18,29)23(24,25)26)14-11-12(2)9-10-15(14)31-20(17)27/h4-11,16,18,29H,3H2,1-2H3. The van der Waals surface area contributed by atoms with E-state index in [1.165, 1.54) is 31.2 Å². The van der Waals surface area contributed by atoms with E-state index >= 15 is 0 Å². The van der Waals surface area contributed by atoms with Gasteiger partial charge in [-0.05, 0) is 31.5 Å². The van der Waals surface area contributed by atoms with Gasteiger partial charge in [0.1, 0.15) is 17.3 Å². The predicted molar refractivity (Wildman–Crippen MR) is 107 cm³/mol. The quantitative estimate of drug-likeness (QED) is 0.481. The predicted octanol–water partition coefficient (Wildman–Crippen LogP) is 4.06. The van der Waals surface area contributed by atoms with Crippen LogP contribution in [0.25, 0.3) is 11.0 Å². The molecule has 0 bridgehead atoms.